The van der Waals surface area contributed by atoms with Gasteiger partial charge in [-0.15, -0.1) is 4.83 Å². The highest BCUT2D eigenvalue weighted by Crippen LogP contribution is 2.23. The number of nitrogens with one attached hydrogen (secondary N) is 2. The highest BCUT2D eigenvalue weighted by Gasteiger charge is 2.17. The van der Waals surface area contributed by atoms with Crippen molar-refractivity contribution >= 4 is 10.0 Å². The summed E-state index contributed by atoms with van der Waals surface area (Å²) in [7, 11) is 1.52. The molecule has 0 fully saturated rings. The lowest BCUT2D eigenvalue weighted by Gasteiger charge is -2.15. The highest BCUT2D eigenvalue weighted by molar-refractivity contribution is 7.89. The molecule has 0 heterocycles. The van der Waals surface area contributed by atoms with Crippen molar-refractivity contribution in [1.29, 1.82) is 0 Å². The van der Waals surface area contributed by atoms with Crippen LogP contribution < -0.4 is 14.9 Å². The molecule has 0 unspecified atom stereocenters. The van der Waals surface area contributed by atoms with Crippen LogP contribution in [0.4, 0.5) is 0 Å². The fourth-order valence-corrected chi connectivity index (χ4v) is 2.83. The molecule has 20 heavy (non-hydrogen) atoms. The zero-order valence-electron chi connectivity index (χ0n) is 12.4. The molecule has 0 spiro atoms. The first-order chi connectivity index (χ1) is 9.40. The second-order valence-electron chi connectivity index (χ2n) is 4.64. The zero-order valence-corrected chi connectivity index (χ0v) is 13.3. The molecular formula is C13H23N3O3S. The average Bonchev–Trinajstić information content (AvgIpc) is 2.36. The van der Waals surface area contributed by atoms with Crippen molar-refractivity contribution < 1.29 is 13.2 Å². The Bertz CT molecular complexity index is 530. The summed E-state index contributed by atoms with van der Waals surface area (Å²) in [5, 5.41) is 4.41. The topological polar surface area (TPSA) is 70.7 Å². The Hall–Kier alpha value is -1.15. The maximum atomic E-state index is 12.1. The third-order valence-corrected chi connectivity index (χ3v) is 3.95. The van der Waals surface area contributed by atoms with Gasteiger partial charge in [-0.25, -0.2) is 13.4 Å². The Labute approximate surface area is 121 Å². The molecule has 7 heteroatoms. The summed E-state index contributed by atoms with van der Waals surface area (Å²) in [6.45, 7) is 3.18. The van der Waals surface area contributed by atoms with E-state index in [0.29, 0.717) is 18.9 Å². The van der Waals surface area contributed by atoms with Gasteiger partial charge in [0.1, 0.15) is 5.75 Å². The number of ether oxygens (including phenoxy) is 1. The van der Waals surface area contributed by atoms with Crippen LogP contribution in [-0.2, 0) is 16.6 Å². The minimum absolute atomic E-state index is 0.222. The van der Waals surface area contributed by atoms with Crippen molar-refractivity contribution in [2.24, 2.45) is 0 Å². The molecule has 0 aliphatic carbocycles. The molecule has 0 aromatic heterocycles. The van der Waals surface area contributed by atoms with Gasteiger partial charge in [0.15, 0.2) is 0 Å². The van der Waals surface area contributed by atoms with Crippen LogP contribution in [0.2, 0.25) is 0 Å². The van der Waals surface area contributed by atoms with Crippen molar-refractivity contribution in [2.75, 3.05) is 27.7 Å². The maximum absolute atomic E-state index is 12.1. The van der Waals surface area contributed by atoms with E-state index >= 15 is 0 Å². The molecule has 1 rings (SSSR count). The molecule has 0 bridgehead atoms. The summed E-state index contributed by atoms with van der Waals surface area (Å²) in [6, 6.07) is 4.88. The molecule has 6 nitrogen and oxygen atoms in total. The first-order valence-electron chi connectivity index (χ1n) is 6.50. The van der Waals surface area contributed by atoms with Crippen LogP contribution >= 0.6 is 0 Å². The van der Waals surface area contributed by atoms with Gasteiger partial charge in [-0.2, -0.15) is 0 Å². The minimum Gasteiger partial charge on any atom is -0.493 e. The number of benzene rings is 1. The van der Waals surface area contributed by atoms with E-state index < -0.39 is 10.0 Å². The van der Waals surface area contributed by atoms with Gasteiger partial charge in [0, 0.05) is 26.2 Å². The van der Waals surface area contributed by atoms with E-state index in [1.54, 1.807) is 32.3 Å². The number of sulfonamides is 1. The van der Waals surface area contributed by atoms with Gasteiger partial charge in [0.2, 0.25) is 0 Å². The van der Waals surface area contributed by atoms with Crippen LogP contribution in [0.15, 0.2) is 23.1 Å². The third kappa shape index (κ3) is 4.75. The summed E-state index contributed by atoms with van der Waals surface area (Å²) >= 11 is 0. The molecule has 0 aliphatic heterocycles. The maximum Gasteiger partial charge on any atom is 0.253 e. The lowest BCUT2D eigenvalue weighted by molar-refractivity contribution is 0.313. The Balaban J connectivity index is 3.09. The van der Waals surface area contributed by atoms with Crippen LogP contribution in [0.25, 0.3) is 0 Å². The van der Waals surface area contributed by atoms with Crippen LogP contribution in [0, 0.1) is 0 Å². The standard InChI is InChI=1S/C13H23N3O3S/c1-5-8-19-13-7-6-12(9-11(13)10-14-2)20(17,18)15-16(3)4/h6-7,9,14-15H,5,8,10H2,1-4H3. The smallest absolute Gasteiger partial charge is 0.253 e. The monoisotopic (exact) mass is 301 g/mol. The Morgan fingerprint density at radius 2 is 2.00 bits per heavy atom. The first-order valence-corrected chi connectivity index (χ1v) is 7.99. The predicted molar refractivity (Wildman–Crippen MR) is 79.0 cm³/mol. The molecule has 0 radical (unpaired) electrons. The number of rotatable bonds is 8. The van der Waals surface area contributed by atoms with Gasteiger partial charge in [0.25, 0.3) is 10.0 Å². The number of nitrogens with zero attached hydrogens (tertiary/aromatic N) is 1. The van der Waals surface area contributed by atoms with E-state index in [2.05, 4.69) is 10.1 Å². The Morgan fingerprint density at radius 1 is 1.30 bits per heavy atom. The predicted octanol–water partition coefficient (Wildman–Crippen LogP) is 0.950. The Morgan fingerprint density at radius 3 is 2.55 bits per heavy atom. The van der Waals surface area contributed by atoms with Gasteiger partial charge in [-0.3, -0.25) is 0 Å². The lowest BCUT2D eigenvalue weighted by atomic mass is 10.2. The zero-order chi connectivity index (χ0) is 15.2. The number of hydrogen-bond acceptors (Lipinski definition) is 5. The summed E-state index contributed by atoms with van der Waals surface area (Å²) in [4.78, 5) is 2.63. The fourth-order valence-electron chi connectivity index (χ4n) is 1.70. The second kappa shape index (κ2) is 7.58. The second-order valence-corrected chi connectivity index (χ2v) is 6.30. The molecule has 0 aliphatic rings. The molecule has 114 valence electrons. The SMILES string of the molecule is CCCOc1ccc(S(=O)(=O)NN(C)C)cc1CNC. The summed E-state index contributed by atoms with van der Waals surface area (Å²) in [5.41, 5.74) is 0.822. The van der Waals surface area contributed by atoms with Crippen molar-refractivity contribution in [3.8, 4) is 5.75 Å². The molecule has 1 aromatic carbocycles. The fraction of sp³-hybridized carbons (Fsp3) is 0.538. The minimum atomic E-state index is -3.55. The van der Waals surface area contributed by atoms with Gasteiger partial charge >= 0.3 is 0 Å². The van der Waals surface area contributed by atoms with Crippen LogP contribution in [0.1, 0.15) is 18.9 Å². The average molecular weight is 301 g/mol. The van der Waals surface area contributed by atoms with Gasteiger partial charge < -0.3 is 10.1 Å². The molecule has 1 aromatic rings. The third-order valence-electron chi connectivity index (χ3n) is 2.47. The van der Waals surface area contributed by atoms with Crippen LogP contribution in [-0.4, -0.2) is 41.2 Å². The number of hydrogen-bond donors (Lipinski definition) is 2. The lowest BCUT2D eigenvalue weighted by Crippen LogP contribution is -2.36. The summed E-state index contributed by atoms with van der Waals surface area (Å²) in [6.07, 6.45) is 0.904. The Kier molecular flexibility index (Phi) is 6.41. The van der Waals surface area contributed by atoms with Crippen molar-refractivity contribution in [3.63, 3.8) is 0 Å². The summed E-state index contributed by atoms with van der Waals surface area (Å²) in [5.74, 6) is 0.713. The highest BCUT2D eigenvalue weighted by atomic mass is 32.2. The van der Waals surface area contributed by atoms with Gasteiger partial charge in [-0.05, 0) is 31.7 Å². The summed E-state index contributed by atoms with van der Waals surface area (Å²) < 4.78 is 29.8. The van der Waals surface area contributed by atoms with E-state index in [9.17, 15) is 8.42 Å². The molecular weight excluding hydrogens is 278 g/mol. The van der Waals surface area contributed by atoms with Gasteiger partial charge in [-0.1, -0.05) is 6.92 Å². The normalized spacial score (nSPS) is 11.8. The van der Waals surface area contributed by atoms with Crippen LogP contribution in [0.3, 0.4) is 0 Å². The van der Waals surface area contributed by atoms with Crippen molar-refractivity contribution in [3.05, 3.63) is 23.8 Å². The van der Waals surface area contributed by atoms with Crippen LogP contribution in [0.5, 0.6) is 5.75 Å². The molecule has 0 amide bonds. The molecule has 2 N–H and O–H groups in total. The van der Waals surface area contributed by atoms with E-state index in [4.69, 9.17) is 4.74 Å². The van der Waals surface area contributed by atoms with E-state index in [1.807, 2.05) is 14.0 Å². The largest absolute Gasteiger partial charge is 0.493 e. The van der Waals surface area contributed by atoms with E-state index in [0.717, 1.165) is 12.0 Å². The first kappa shape index (κ1) is 16.9. The molecule has 0 saturated carbocycles. The van der Waals surface area contributed by atoms with E-state index in [1.165, 1.54) is 5.01 Å². The van der Waals surface area contributed by atoms with Gasteiger partial charge in [0.05, 0.1) is 11.5 Å². The van der Waals surface area contributed by atoms with Crippen molar-refractivity contribution in [1.82, 2.24) is 15.2 Å². The van der Waals surface area contributed by atoms with E-state index in [-0.39, 0.29) is 4.90 Å². The van der Waals surface area contributed by atoms with Crippen molar-refractivity contribution in [2.45, 2.75) is 24.8 Å². The quantitative estimate of drug-likeness (QED) is 0.700. The molecule has 0 atom stereocenters. The molecule has 0 saturated heterocycles. The number of hydrazine groups is 1.